The van der Waals surface area contributed by atoms with Crippen molar-refractivity contribution in [2.75, 3.05) is 5.75 Å². The molecule has 0 aromatic heterocycles. The predicted octanol–water partition coefficient (Wildman–Crippen LogP) is 0.881. The maximum atomic E-state index is 11.2. The maximum Gasteiger partial charge on any atom is 0.0468 e. The summed E-state index contributed by atoms with van der Waals surface area (Å²) >= 11 is 0. The van der Waals surface area contributed by atoms with Crippen LogP contribution in [0.4, 0.5) is 0 Å². The van der Waals surface area contributed by atoms with Crippen LogP contribution in [0.1, 0.15) is 27.2 Å². The van der Waals surface area contributed by atoms with Gasteiger partial charge in [-0.3, -0.25) is 4.21 Å². The molecule has 0 fully saturated rings. The molecule has 2 N–H and O–H groups in total. The first-order chi connectivity index (χ1) is 4.59. The molecule has 0 aliphatic heterocycles. The maximum absolute atomic E-state index is 11.2. The Morgan fingerprint density at radius 2 is 2.00 bits per heavy atom. The van der Waals surface area contributed by atoms with Crippen molar-refractivity contribution < 1.29 is 4.21 Å². The van der Waals surface area contributed by atoms with Crippen LogP contribution >= 0.6 is 0 Å². The van der Waals surface area contributed by atoms with Crippen LogP contribution in [0.3, 0.4) is 0 Å². The van der Waals surface area contributed by atoms with Crippen LogP contribution in [0.5, 0.6) is 0 Å². The summed E-state index contributed by atoms with van der Waals surface area (Å²) in [5.74, 6) is 0.780. The smallest absolute Gasteiger partial charge is 0.0468 e. The van der Waals surface area contributed by atoms with Gasteiger partial charge in [0.15, 0.2) is 0 Å². The predicted molar refractivity (Wildman–Crippen MR) is 46.4 cm³/mol. The SMILES string of the molecule is CCCS(=O)C(C)C(C)N. The van der Waals surface area contributed by atoms with Crippen molar-refractivity contribution in [3.63, 3.8) is 0 Å². The van der Waals surface area contributed by atoms with E-state index in [9.17, 15) is 4.21 Å². The molecule has 0 rings (SSSR count). The summed E-state index contributed by atoms with van der Waals surface area (Å²) in [6, 6.07) is 0.0485. The molecule has 3 atom stereocenters. The summed E-state index contributed by atoms with van der Waals surface area (Å²) in [6.07, 6.45) is 0.976. The average Bonchev–Trinajstić information content (AvgIpc) is 1.87. The van der Waals surface area contributed by atoms with E-state index in [-0.39, 0.29) is 11.3 Å². The fourth-order valence-corrected chi connectivity index (χ4v) is 1.88. The third-order valence-corrected chi connectivity index (χ3v) is 3.63. The summed E-state index contributed by atoms with van der Waals surface area (Å²) < 4.78 is 11.2. The molecule has 0 aliphatic rings. The minimum Gasteiger partial charge on any atom is -0.327 e. The van der Waals surface area contributed by atoms with Gasteiger partial charge in [-0.05, 0) is 20.3 Å². The lowest BCUT2D eigenvalue weighted by molar-refractivity contribution is 0.648. The molecule has 0 aromatic rings. The van der Waals surface area contributed by atoms with Crippen molar-refractivity contribution in [3.8, 4) is 0 Å². The van der Waals surface area contributed by atoms with E-state index in [0.29, 0.717) is 0 Å². The third kappa shape index (κ3) is 3.32. The quantitative estimate of drug-likeness (QED) is 0.668. The highest BCUT2D eigenvalue weighted by molar-refractivity contribution is 7.85. The molecule has 0 amide bonds. The standard InChI is InChI=1S/C7H17NOS/c1-4-5-10(9)7(3)6(2)8/h6-7H,4-5,8H2,1-3H3. The Balaban J connectivity index is 3.71. The van der Waals surface area contributed by atoms with E-state index < -0.39 is 10.8 Å². The van der Waals surface area contributed by atoms with Crippen LogP contribution in [0.15, 0.2) is 0 Å². The second-order valence-electron chi connectivity index (χ2n) is 2.65. The molecule has 0 heterocycles. The van der Waals surface area contributed by atoms with Gasteiger partial charge in [-0.25, -0.2) is 0 Å². The summed E-state index contributed by atoms with van der Waals surface area (Å²) in [5, 5.41) is 0.139. The molecule has 2 nitrogen and oxygen atoms in total. The molecule has 3 heteroatoms. The van der Waals surface area contributed by atoms with E-state index in [1.54, 1.807) is 0 Å². The largest absolute Gasteiger partial charge is 0.327 e. The Labute approximate surface area is 65.6 Å². The molecular weight excluding hydrogens is 146 g/mol. The van der Waals surface area contributed by atoms with Crippen molar-refractivity contribution >= 4 is 10.8 Å². The summed E-state index contributed by atoms with van der Waals surface area (Å²) in [4.78, 5) is 0. The van der Waals surface area contributed by atoms with Gasteiger partial charge >= 0.3 is 0 Å². The van der Waals surface area contributed by atoms with Crippen molar-refractivity contribution in [3.05, 3.63) is 0 Å². The minimum atomic E-state index is -0.720. The Bertz CT molecular complexity index is 114. The van der Waals surface area contributed by atoms with Crippen LogP contribution in [0.2, 0.25) is 0 Å². The molecule has 0 bridgehead atoms. The molecule has 0 saturated carbocycles. The van der Waals surface area contributed by atoms with E-state index in [1.807, 2.05) is 20.8 Å². The van der Waals surface area contributed by atoms with Crippen molar-refractivity contribution in [2.45, 2.75) is 38.5 Å². The number of hydrogen-bond acceptors (Lipinski definition) is 2. The van der Waals surface area contributed by atoms with Gasteiger partial charge in [0, 0.05) is 27.8 Å². The van der Waals surface area contributed by atoms with Crippen LogP contribution in [0.25, 0.3) is 0 Å². The lowest BCUT2D eigenvalue weighted by atomic mass is 10.3. The van der Waals surface area contributed by atoms with Gasteiger partial charge in [0.05, 0.1) is 0 Å². The lowest BCUT2D eigenvalue weighted by Gasteiger charge is -2.13. The average molecular weight is 163 g/mol. The van der Waals surface area contributed by atoms with Gasteiger partial charge in [0.2, 0.25) is 0 Å². The number of rotatable bonds is 4. The van der Waals surface area contributed by atoms with Crippen LogP contribution in [-0.4, -0.2) is 21.3 Å². The van der Waals surface area contributed by atoms with Crippen LogP contribution < -0.4 is 5.73 Å². The van der Waals surface area contributed by atoms with Gasteiger partial charge < -0.3 is 5.73 Å². The molecule has 62 valence electrons. The Morgan fingerprint density at radius 3 is 2.30 bits per heavy atom. The molecule has 0 aromatic carbocycles. The van der Waals surface area contributed by atoms with E-state index in [2.05, 4.69) is 0 Å². The zero-order valence-corrected chi connectivity index (χ0v) is 7.78. The van der Waals surface area contributed by atoms with E-state index in [4.69, 9.17) is 5.73 Å². The molecule has 0 saturated heterocycles. The molecular formula is C7H17NOS. The summed E-state index contributed by atoms with van der Waals surface area (Å²) in [7, 11) is -0.720. The number of hydrogen-bond donors (Lipinski definition) is 1. The third-order valence-electron chi connectivity index (χ3n) is 1.56. The lowest BCUT2D eigenvalue weighted by Crippen LogP contribution is -2.33. The summed E-state index contributed by atoms with van der Waals surface area (Å²) in [5.41, 5.74) is 5.57. The topological polar surface area (TPSA) is 43.1 Å². The normalized spacial score (nSPS) is 20.0. The highest BCUT2D eigenvalue weighted by Gasteiger charge is 2.13. The highest BCUT2D eigenvalue weighted by atomic mass is 32.2. The first kappa shape index (κ1) is 10.1. The zero-order valence-electron chi connectivity index (χ0n) is 6.96. The molecule has 0 aliphatic carbocycles. The Kier molecular flexibility index (Phi) is 4.91. The highest BCUT2D eigenvalue weighted by Crippen LogP contribution is 2.00. The zero-order chi connectivity index (χ0) is 8.15. The fraction of sp³-hybridized carbons (Fsp3) is 1.00. The molecule has 10 heavy (non-hydrogen) atoms. The van der Waals surface area contributed by atoms with E-state index >= 15 is 0 Å². The van der Waals surface area contributed by atoms with E-state index in [1.165, 1.54) is 0 Å². The van der Waals surface area contributed by atoms with Gasteiger partial charge in [0.1, 0.15) is 0 Å². The van der Waals surface area contributed by atoms with Gasteiger partial charge in [-0.2, -0.15) is 0 Å². The summed E-state index contributed by atoms with van der Waals surface area (Å²) in [6.45, 7) is 5.88. The van der Waals surface area contributed by atoms with Crippen molar-refractivity contribution in [1.82, 2.24) is 0 Å². The second-order valence-corrected chi connectivity index (χ2v) is 4.56. The van der Waals surface area contributed by atoms with Crippen molar-refractivity contribution in [2.24, 2.45) is 5.73 Å². The van der Waals surface area contributed by atoms with Crippen molar-refractivity contribution in [1.29, 1.82) is 0 Å². The first-order valence-corrected chi connectivity index (χ1v) is 5.10. The van der Waals surface area contributed by atoms with E-state index in [0.717, 1.165) is 12.2 Å². The molecule has 3 unspecified atom stereocenters. The Hall–Kier alpha value is 0.110. The second kappa shape index (κ2) is 4.85. The van der Waals surface area contributed by atoms with Gasteiger partial charge in [-0.1, -0.05) is 6.92 Å². The van der Waals surface area contributed by atoms with Gasteiger partial charge in [0.25, 0.3) is 0 Å². The number of nitrogens with two attached hydrogens (primary N) is 1. The fourth-order valence-electron chi connectivity index (χ4n) is 0.626. The molecule has 0 spiro atoms. The Morgan fingerprint density at radius 1 is 1.50 bits per heavy atom. The van der Waals surface area contributed by atoms with Gasteiger partial charge in [-0.15, -0.1) is 0 Å². The minimum absolute atomic E-state index is 0.0485. The first-order valence-electron chi connectivity index (χ1n) is 3.72. The van der Waals surface area contributed by atoms with Crippen LogP contribution in [0, 0.1) is 0 Å². The van der Waals surface area contributed by atoms with Crippen LogP contribution in [-0.2, 0) is 10.8 Å². The molecule has 0 radical (unpaired) electrons. The monoisotopic (exact) mass is 163 g/mol.